The molecule has 0 bridgehead atoms. The summed E-state index contributed by atoms with van der Waals surface area (Å²) < 4.78 is 6.78. The van der Waals surface area contributed by atoms with E-state index in [-0.39, 0.29) is 6.01 Å². The summed E-state index contributed by atoms with van der Waals surface area (Å²) in [5.41, 5.74) is 8.78. The largest absolute Gasteiger partial charge is 0.424 e. The molecule has 22 heavy (non-hydrogen) atoms. The molecule has 114 valence electrons. The van der Waals surface area contributed by atoms with E-state index in [9.17, 15) is 0 Å². The first-order chi connectivity index (χ1) is 10.7. The smallest absolute Gasteiger partial charge is 0.292 e. The summed E-state index contributed by atoms with van der Waals surface area (Å²) in [6.07, 6.45) is 3.64. The molecule has 3 aromatic heterocycles. The molecular weight excluding hydrogens is 278 g/mol. The van der Waals surface area contributed by atoms with Crippen LogP contribution in [0.15, 0.2) is 53.2 Å². The zero-order chi connectivity index (χ0) is 15.9. The molecule has 0 saturated carbocycles. The molecule has 6 nitrogen and oxygen atoms in total. The van der Waals surface area contributed by atoms with Crippen LogP contribution >= 0.6 is 0 Å². The third-order valence-electron chi connectivity index (χ3n) is 2.71. The number of anilines is 1. The van der Waals surface area contributed by atoms with Gasteiger partial charge in [-0.25, -0.2) is 9.50 Å². The van der Waals surface area contributed by atoms with Gasteiger partial charge in [-0.2, -0.15) is 10.1 Å². The van der Waals surface area contributed by atoms with Crippen molar-refractivity contribution < 1.29 is 4.42 Å². The molecule has 0 amide bonds. The summed E-state index contributed by atoms with van der Waals surface area (Å²) in [6.45, 7) is 5.97. The first kappa shape index (κ1) is 15.5. The molecule has 0 atom stereocenters. The van der Waals surface area contributed by atoms with Crippen LogP contribution in [0.5, 0.6) is 0 Å². The highest BCUT2D eigenvalue weighted by Crippen LogP contribution is 2.14. The molecule has 0 fully saturated rings. The van der Waals surface area contributed by atoms with Crippen LogP contribution in [0.2, 0.25) is 0 Å². The quantitative estimate of drug-likeness (QED) is 0.537. The molecule has 0 unspecified atom stereocenters. The van der Waals surface area contributed by atoms with Crippen LogP contribution in [0.3, 0.4) is 0 Å². The Morgan fingerprint density at radius 2 is 1.82 bits per heavy atom. The molecule has 1 aromatic carbocycles. The van der Waals surface area contributed by atoms with E-state index in [4.69, 9.17) is 10.2 Å². The Morgan fingerprint density at radius 1 is 1.05 bits per heavy atom. The topological polar surface area (TPSA) is 82.2 Å². The van der Waals surface area contributed by atoms with Crippen LogP contribution in [0.4, 0.5) is 6.01 Å². The van der Waals surface area contributed by atoms with Crippen molar-refractivity contribution in [2.24, 2.45) is 0 Å². The summed E-state index contributed by atoms with van der Waals surface area (Å²) in [4.78, 5) is 8.16. The monoisotopic (exact) mass is 297 g/mol. The van der Waals surface area contributed by atoms with Gasteiger partial charge in [0.1, 0.15) is 5.52 Å². The third-order valence-corrected chi connectivity index (χ3v) is 2.71. The first-order valence-corrected chi connectivity index (χ1v) is 7.10. The predicted molar refractivity (Wildman–Crippen MR) is 87.5 cm³/mol. The summed E-state index contributed by atoms with van der Waals surface area (Å²) in [7, 11) is 0. The lowest BCUT2D eigenvalue weighted by atomic mass is 10.3. The van der Waals surface area contributed by atoms with Gasteiger partial charge in [0.05, 0.1) is 6.20 Å². The minimum atomic E-state index is 0.223. The lowest BCUT2D eigenvalue weighted by Crippen LogP contribution is -1.89. The molecule has 0 radical (unpaired) electrons. The van der Waals surface area contributed by atoms with Gasteiger partial charge in [-0.3, -0.25) is 0 Å². The van der Waals surface area contributed by atoms with Crippen LogP contribution in [0, 0.1) is 6.92 Å². The Balaban J connectivity index is 0.000000144. The molecule has 0 aliphatic heterocycles. The fourth-order valence-electron chi connectivity index (χ4n) is 1.80. The van der Waals surface area contributed by atoms with E-state index in [1.54, 1.807) is 10.7 Å². The molecule has 0 aliphatic rings. The van der Waals surface area contributed by atoms with E-state index in [1.165, 1.54) is 0 Å². The molecule has 4 rings (SSSR count). The van der Waals surface area contributed by atoms with Crippen LogP contribution in [0.1, 0.15) is 19.5 Å². The maximum Gasteiger partial charge on any atom is 0.292 e. The second-order valence-electron chi connectivity index (χ2n) is 4.22. The Hall–Kier alpha value is -2.89. The van der Waals surface area contributed by atoms with Gasteiger partial charge in [0, 0.05) is 18.0 Å². The predicted octanol–water partition coefficient (Wildman–Crippen LogP) is 3.47. The van der Waals surface area contributed by atoms with Crippen LogP contribution < -0.4 is 5.73 Å². The third kappa shape index (κ3) is 3.60. The highest BCUT2D eigenvalue weighted by atomic mass is 16.4. The number of fused-ring (bicyclic) bond motifs is 2. The number of hydrogen-bond acceptors (Lipinski definition) is 5. The highest BCUT2D eigenvalue weighted by Gasteiger charge is 1.98. The van der Waals surface area contributed by atoms with Crippen molar-refractivity contribution in [2.75, 3.05) is 5.73 Å². The highest BCUT2D eigenvalue weighted by molar-refractivity contribution is 5.73. The fraction of sp³-hybridized carbons (Fsp3) is 0.188. The van der Waals surface area contributed by atoms with E-state index in [1.807, 2.05) is 63.4 Å². The Morgan fingerprint density at radius 3 is 2.59 bits per heavy atom. The minimum Gasteiger partial charge on any atom is -0.424 e. The van der Waals surface area contributed by atoms with Crippen molar-refractivity contribution in [3.05, 3.63) is 54.5 Å². The fourth-order valence-corrected chi connectivity index (χ4v) is 1.80. The summed E-state index contributed by atoms with van der Waals surface area (Å²) in [5, 5.41) is 4.01. The van der Waals surface area contributed by atoms with Gasteiger partial charge >= 0.3 is 0 Å². The summed E-state index contributed by atoms with van der Waals surface area (Å²) in [5.74, 6) is 0. The SMILES string of the molecule is CC.Cc1ccn2nccc2n1.Nc1nc2ccccc2o1. The Bertz CT molecular complexity index is 817. The first-order valence-electron chi connectivity index (χ1n) is 7.10. The molecule has 0 spiro atoms. The van der Waals surface area contributed by atoms with Crippen molar-refractivity contribution in [3.63, 3.8) is 0 Å². The number of rotatable bonds is 0. The number of benzene rings is 1. The van der Waals surface area contributed by atoms with Gasteiger partial charge in [0.2, 0.25) is 0 Å². The maximum absolute atomic E-state index is 5.31. The number of para-hydroxylation sites is 2. The minimum absolute atomic E-state index is 0.223. The molecule has 4 aromatic rings. The standard InChI is InChI=1S/C7H7N3.C7H6N2O.C2H6/c1-6-3-5-10-7(9-6)2-4-8-10;8-7-9-5-3-1-2-4-6(5)10-7;1-2/h2-5H,1H3;1-4H,(H2,8,9);1-2H3. The number of aryl methyl sites for hydroxylation is 1. The Kier molecular flexibility index (Phi) is 5.08. The van der Waals surface area contributed by atoms with E-state index in [0.29, 0.717) is 0 Å². The van der Waals surface area contributed by atoms with Gasteiger partial charge in [-0.15, -0.1) is 0 Å². The number of nitrogens with two attached hydrogens (primary N) is 1. The van der Waals surface area contributed by atoms with Crippen LogP contribution in [-0.4, -0.2) is 19.6 Å². The molecule has 6 heteroatoms. The van der Waals surface area contributed by atoms with Crippen LogP contribution in [-0.2, 0) is 0 Å². The van der Waals surface area contributed by atoms with Crippen molar-refractivity contribution >= 4 is 22.8 Å². The molecule has 0 saturated heterocycles. The zero-order valence-electron chi connectivity index (χ0n) is 12.9. The van der Waals surface area contributed by atoms with Gasteiger partial charge < -0.3 is 10.2 Å². The number of nitrogens with zero attached hydrogens (tertiary/aromatic N) is 4. The van der Waals surface area contributed by atoms with Gasteiger partial charge in [0.25, 0.3) is 6.01 Å². The molecule has 0 aliphatic carbocycles. The average molecular weight is 297 g/mol. The molecular formula is C16H19N5O. The number of oxazole rings is 1. The zero-order valence-corrected chi connectivity index (χ0v) is 12.9. The van der Waals surface area contributed by atoms with E-state index >= 15 is 0 Å². The molecule has 2 N–H and O–H groups in total. The lowest BCUT2D eigenvalue weighted by molar-refractivity contribution is 0.626. The van der Waals surface area contributed by atoms with E-state index < -0.39 is 0 Å². The van der Waals surface area contributed by atoms with Gasteiger partial charge in [0.15, 0.2) is 11.2 Å². The van der Waals surface area contributed by atoms with Crippen molar-refractivity contribution in [1.29, 1.82) is 0 Å². The van der Waals surface area contributed by atoms with Gasteiger partial charge in [-0.1, -0.05) is 26.0 Å². The lowest BCUT2D eigenvalue weighted by Gasteiger charge is -1.91. The van der Waals surface area contributed by atoms with Crippen molar-refractivity contribution in [3.8, 4) is 0 Å². The summed E-state index contributed by atoms with van der Waals surface area (Å²) >= 11 is 0. The van der Waals surface area contributed by atoms with Crippen molar-refractivity contribution in [2.45, 2.75) is 20.8 Å². The number of aromatic nitrogens is 4. The normalized spacial score (nSPS) is 9.77. The average Bonchev–Trinajstić information content (AvgIpc) is 3.14. The van der Waals surface area contributed by atoms with E-state index in [0.717, 1.165) is 22.4 Å². The molecule has 3 heterocycles. The maximum atomic E-state index is 5.31. The number of nitrogen functional groups attached to an aromatic ring is 1. The second-order valence-corrected chi connectivity index (χ2v) is 4.22. The van der Waals surface area contributed by atoms with E-state index in [2.05, 4.69) is 15.1 Å². The van der Waals surface area contributed by atoms with Gasteiger partial charge in [-0.05, 0) is 25.1 Å². The number of hydrogen-bond donors (Lipinski definition) is 1. The van der Waals surface area contributed by atoms with Crippen LogP contribution in [0.25, 0.3) is 16.7 Å². The summed E-state index contributed by atoms with van der Waals surface area (Å²) in [6, 6.07) is 11.5. The second kappa shape index (κ2) is 7.21. The Labute approximate surface area is 128 Å². The van der Waals surface area contributed by atoms with Crippen molar-refractivity contribution in [1.82, 2.24) is 19.6 Å².